The summed E-state index contributed by atoms with van der Waals surface area (Å²) in [4.78, 5) is 25.0. The fourth-order valence-corrected chi connectivity index (χ4v) is 4.55. The van der Waals surface area contributed by atoms with Crippen molar-refractivity contribution in [3.63, 3.8) is 0 Å². The van der Waals surface area contributed by atoms with Gasteiger partial charge in [0.15, 0.2) is 0 Å². The second-order valence-corrected chi connectivity index (χ2v) is 9.25. The number of carbonyl (C=O) groups excluding carboxylic acids is 1. The van der Waals surface area contributed by atoms with Crippen molar-refractivity contribution in [3.05, 3.63) is 76.6 Å². The zero-order valence-electron chi connectivity index (χ0n) is 18.1. The van der Waals surface area contributed by atoms with Crippen LogP contribution in [0, 0.1) is 6.92 Å². The summed E-state index contributed by atoms with van der Waals surface area (Å²) in [6, 6.07) is 14.8. The van der Waals surface area contributed by atoms with Crippen molar-refractivity contribution < 1.29 is 27.1 Å². The quantitative estimate of drug-likeness (QED) is 0.200. The molecule has 3 aromatic carbocycles. The summed E-state index contributed by atoms with van der Waals surface area (Å²) in [6.45, 7) is 3.23. The molecule has 0 bridgehead atoms. The van der Waals surface area contributed by atoms with Crippen LogP contribution in [0.3, 0.4) is 0 Å². The molecule has 1 atom stereocenters. The number of aryl methyl sites for hydroxylation is 1. The van der Waals surface area contributed by atoms with Gasteiger partial charge in [0, 0.05) is 16.8 Å². The summed E-state index contributed by atoms with van der Waals surface area (Å²) in [7, 11) is -2.40. The number of sulfonamides is 1. The van der Waals surface area contributed by atoms with Crippen molar-refractivity contribution in [1.82, 2.24) is 4.72 Å². The Morgan fingerprint density at radius 2 is 1.61 bits per heavy atom. The summed E-state index contributed by atoms with van der Waals surface area (Å²) in [5.41, 5.74) is 0.589. The highest BCUT2D eigenvalue weighted by Crippen LogP contribution is 2.28. The van der Waals surface area contributed by atoms with Gasteiger partial charge in [-0.1, -0.05) is 17.7 Å². The predicted molar refractivity (Wildman–Crippen MR) is 123 cm³/mol. The molecule has 1 N–H and O–H groups in total. The fraction of sp³-hybridized carbons (Fsp3) is 0.167. The van der Waals surface area contributed by atoms with Gasteiger partial charge in [-0.25, -0.2) is 18.0 Å². The van der Waals surface area contributed by atoms with Gasteiger partial charge >= 0.3 is 11.6 Å². The normalized spacial score (nSPS) is 12.6. The Morgan fingerprint density at radius 1 is 0.939 bits per heavy atom. The smallest absolute Gasteiger partial charge is 0.344 e. The standard InChI is InChI=1S/C24H21NO7S/c1-14-4-8-18(9-5-14)33(28,29)25-15(2)23(26)31-17-7-11-20-19-10-6-16(30-3)12-21(19)24(27)32-22(20)13-17/h4-13,15,25H,1-3H3. The van der Waals surface area contributed by atoms with E-state index in [0.717, 1.165) is 5.56 Å². The number of esters is 1. The number of rotatable bonds is 6. The molecular weight excluding hydrogens is 446 g/mol. The van der Waals surface area contributed by atoms with E-state index < -0.39 is 27.7 Å². The number of nitrogens with one attached hydrogen (secondary N) is 1. The summed E-state index contributed by atoms with van der Waals surface area (Å²) < 4.78 is 43.2. The van der Waals surface area contributed by atoms with Gasteiger partial charge in [-0.2, -0.15) is 4.72 Å². The Hall–Kier alpha value is -3.69. The van der Waals surface area contributed by atoms with Gasteiger partial charge in [-0.15, -0.1) is 0 Å². The van der Waals surface area contributed by atoms with Gasteiger partial charge in [0.1, 0.15) is 23.1 Å². The Bertz CT molecular complexity index is 1520. The van der Waals surface area contributed by atoms with Crippen LogP contribution in [0.4, 0.5) is 0 Å². The van der Waals surface area contributed by atoms with Crippen molar-refractivity contribution in [2.75, 3.05) is 7.11 Å². The Kier molecular flexibility index (Phi) is 5.92. The van der Waals surface area contributed by atoms with E-state index in [4.69, 9.17) is 13.9 Å². The summed E-state index contributed by atoms with van der Waals surface area (Å²) in [5, 5.41) is 1.69. The Morgan fingerprint density at radius 3 is 2.30 bits per heavy atom. The number of methoxy groups -OCH3 is 1. The first kappa shape index (κ1) is 22.5. The number of hydrogen-bond donors (Lipinski definition) is 1. The highest BCUT2D eigenvalue weighted by Gasteiger charge is 2.24. The van der Waals surface area contributed by atoms with E-state index in [0.29, 0.717) is 21.9 Å². The predicted octanol–water partition coefficient (Wildman–Crippen LogP) is 3.54. The minimum absolute atomic E-state index is 0.0451. The molecule has 1 unspecified atom stereocenters. The topological polar surface area (TPSA) is 112 Å². The van der Waals surface area contributed by atoms with Crippen LogP contribution in [0.2, 0.25) is 0 Å². The second-order valence-electron chi connectivity index (χ2n) is 7.54. The third-order valence-corrected chi connectivity index (χ3v) is 6.68. The third kappa shape index (κ3) is 4.59. The van der Waals surface area contributed by atoms with Gasteiger partial charge < -0.3 is 13.9 Å². The number of fused-ring (bicyclic) bond motifs is 3. The average molecular weight is 467 g/mol. The molecule has 1 aromatic heterocycles. The van der Waals surface area contributed by atoms with Crippen LogP contribution in [-0.2, 0) is 14.8 Å². The Balaban J connectivity index is 1.56. The van der Waals surface area contributed by atoms with Gasteiger partial charge in [-0.3, -0.25) is 0 Å². The van der Waals surface area contributed by atoms with Crippen LogP contribution < -0.4 is 19.8 Å². The lowest BCUT2D eigenvalue weighted by Gasteiger charge is -2.14. The zero-order valence-corrected chi connectivity index (χ0v) is 18.9. The third-order valence-electron chi connectivity index (χ3n) is 5.13. The van der Waals surface area contributed by atoms with E-state index in [1.165, 1.54) is 32.2 Å². The maximum Gasteiger partial charge on any atom is 0.344 e. The molecule has 0 aliphatic carbocycles. The molecule has 0 radical (unpaired) electrons. The summed E-state index contributed by atoms with van der Waals surface area (Å²) >= 11 is 0. The van der Waals surface area contributed by atoms with Crippen LogP contribution in [0.5, 0.6) is 11.5 Å². The molecule has 9 heteroatoms. The van der Waals surface area contributed by atoms with E-state index >= 15 is 0 Å². The minimum Gasteiger partial charge on any atom is -0.497 e. The molecule has 170 valence electrons. The van der Waals surface area contributed by atoms with E-state index in [-0.39, 0.29) is 16.2 Å². The average Bonchev–Trinajstić information content (AvgIpc) is 2.78. The molecule has 0 saturated carbocycles. The van der Waals surface area contributed by atoms with Crippen LogP contribution in [0.1, 0.15) is 12.5 Å². The van der Waals surface area contributed by atoms with Crippen LogP contribution >= 0.6 is 0 Å². The maximum atomic E-state index is 12.5. The number of benzene rings is 3. The second kappa shape index (κ2) is 8.68. The zero-order chi connectivity index (χ0) is 23.8. The first-order valence-corrected chi connectivity index (χ1v) is 11.5. The lowest BCUT2D eigenvalue weighted by Crippen LogP contribution is -2.40. The highest BCUT2D eigenvalue weighted by atomic mass is 32.2. The molecule has 0 saturated heterocycles. The van der Waals surface area contributed by atoms with Gasteiger partial charge in [0.05, 0.1) is 17.4 Å². The molecule has 1 heterocycles. The molecule has 0 aliphatic heterocycles. The van der Waals surface area contributed by atoms with E-state index in [2.05, 4.69) is 4.72 Å². The van der Waals surface area contributed by atoms with Crippen molar-refractivity contribution in [2.45, 2.75) is 24.8 Å². The molecule has 0 fully saturated rings. The van der Waals surface area contributed by atoms with Crippen molar-refractivity contribution >= 4 is 37.7 Å². The van der Waals surface area contributed by atoms with Crippen molar-refractivity contribution in [2.24, 2.45) is 0 Å². The number of hydrogen-bond acceptors (Lipinski definition) is 7. The lowest BCUT2D eigenvalue weighted by atomic mass is 10.1. The SMILES string of the molecule is COc1ccc2c(c1)c(=O)oc1cc(OC(=O)C(C)NS(=O)(=O)c3ccc(C)cc3)ccc12. The van der Waals surface area contributed by atoms with E-state index in [1.54, 1.807) is 42.5 Å². The molecule has 0 spiro atoms. The highest BCUT2D eigenvalue weighted by molar-refractivity contribution is 7.89. The number of ether oxygens (including phenoxy) is 2. The Labute approximate surface area is 189 Å². The fourth-order valence-electron chi connectivity index (χ4n) is 3.35. The van der Waals surface area contributed by atoms with Gasteiger partial charge in [-0.05, 0) is 56.3 Å². The van der Waals surface area contributed by atoms with E-state index in [9.17, 15) is 18.0 Å². The first-order valence-electron chi connectivity index (χ1n) is 10.0. The van der Waals surface area contributed by atoms with Crippen LogP contribution in [0.25, 0.3) is 21.7 Å². The summed E-state index contributed by atoms with van der Waals surface area (Å²) in [6.07, 6.45) is 0. The van der Waals surface area contributed by atoms with Crippen molar-refractivity contribution in [1.29, 1.82) is 0 Å². The number of carbonyl (C=O) groups is 1. The molecule has 4 rings (SSSR count). The molecule has 0 amide bonds. The van der Waals surface area contributed by atoms with Crippen LogP contribution in [0.15, 0.2) is 74.8 Å². The molecular formula is C24H21NO7S. The summed E-state index contributed by atoms with van der Waals surface area (Å²) in [5.74, 6) is -0.162. The van der Waals surface area contributed by atoms with E-state index in [1.807, 2.05) is 6.92 Å². The van der Waals surface area contributed by atoms with Gasteiger partial charge in [0.25, 0.3) is 0 Å². The minimum atomic E-state index is -3.90. The van der Waals surface area contributed by atoms with Gasteiger partial charge in [0.2, 0.25) is 10.0 Å². The molecule has 0 aliphatic rings. The molecule has 33 heavy (non-hydrogen) atoms. The molecule has 4 aromatic rings. The monoisotopic (exact) mass is 467 g/mol. The van der Waals surface area contributed by atoms with Crippen molar-refractivity contribution in [3.8, 4) is 11.5 Å². The van der Waals surface area contributed by atoms with Crippen LogP contribution in [-0.4, -0.2) is 27.5 Å². The first-order chi connectivity index (χ1) is 15.7. The maximum absolute atomic E-state index is 12.5. The lowest BCUT2D eigenvalue weighted by molar-refractivity contribution is -0.135. The largest absolute Gasteiger partial charge is 0.497 e. The molecule has 8 nitrogen and oxygen atoms in total.